The van der Waals surface area contributed by atoms with Crippen LogP contribution in [0.2, 0.25) is 5.02 Å². The van der Waals surface area contributed by atoms with Crippen molar-refractivity contribution in [1.82, 2.24) is 9.88 Å². The monoisotopic (exact) mass is 290 g/mol. The largest absolute Gasteiger partial charge is 0.393 e. The molecule has 1 fully saturated rings. The van der Waals surface area contributed by atoms with Gasteiger partial charge in [-0.3, -0.25) is 4.90 Å². The molecule has 3 rings (SSSR count). The predicted octanol–water partition coefficient (Wildman–Crippen LogP) is 3.15. The van der Waals surface area contributed by atoms with Crippen LogP contribution in [0.3, 0.4) is 0 Å². The van der Waals surface area contributed by atoms with Gasteiger partial charge < -0.3 is 5.11 Å². The summed E-state index contributed by atoms with van der Waals surface area (Å²) in [5.74, 6) is 0. The van der Waals surface area contributed by atoms with Crippen LogP contribution in [0.1, 0.15) is 24.1 Å². The Morgan fingerprint density at radius 3 is 2.75 bits per heavy atom. The summed E-state index contributed by atoms with van der Waals surface area (Å²) in [6.45, 7) is 4.63. The minimum atomic E-state index is -0.145. The van der Waals surface area contributed by atoms with Gasteiger partial charge >= 0.3 is 0 Å². The number of nitrogens with zero attached hydrogens (tertiary/aromatic N) is 2. The first kappa shape index (κ1) is 13.8. The molecule has 0 unspecified atom stereocenters. The fourth-order valence-corrected chi connectivity index (χ4v) is 3.02. The van der Waals surface area contributed by atoms with Crippen molar-refractivity contribution in [3.8, 4) is 0 Å². The summed E-state index contributed by atoms with van der Waals surface area (Å²) in [6, 6.07) is 8.11. The van der Waals surface area contributed by atoms with E-state index in [1.165, 1.54) is 0 Å². The Morgan fingerprint density at radius 1 is 1.30 bits per heavy atom. The first-order valence-electron chi connectivity index (χ1n) is 7.09. The molecule has 20 heavy (non-hydrogen) atoms. The molecule has 0 atom stereocenters. The van der Waals surface area contributed by atoms with Crippen molar-refractivity contribution >= 4 is 22.5 Å². The van der Waals surface area contributed by atoms with Crippen molar-refractivity contribution in [3.63, 3.8) is 0 Å². The lowest BCUT2D eigenvalue weighted by Gasteiger charge is -2.29. The third kappa shape index (κ3) is 2.66. The highest BCUT2D eigenvalue weighted by Crippen LogP contribution is 2.28. The lowest BCUT2D eigenvalue weighted by atomic mass is 10.1. The van der Waals surface area contributed by atoms with E-state index in [-0.39, 0.29) is 6.10 Å². The molecule has 2 heterocycles. The molecule has 3 nitrogen and oxygen atoms in total. The molecule has 0 aliphatic carbocycles. The molecule has 0 spiro atoms. The highest BCUT2D eigenvalue weighted by Gasteiger charge is 2.19. The van der Waals surface area contributed by atoms with Crippen LogP contribution in [0.5, 0.6) is 0 Å². The number of halogens is 1. The Kier molecular flexibility index (Phi) is 3.92. The fourth-order valence-electron chi connectivity index (χ4n) is 2.81. The van der Waals surface area contributed by atoms with Crippen molar-refractivity contribution in [2.45, 2.75) is 32.4 Å². The zero-order valence-corrected chi connectivity index (χ0v) is 12.4. The maximum Gasteiger partial charge on any atom is 0.0740 e. The first-order valence-corrected chi connectivity index (χ1v) is 7.47. The van der Waals surface area contributed by atoms with Crippen molar-refractivity contribution in [2.24, 2.45) is 0 Å². The van der Waals surface area contributed by atoms with Gasteiger partial charge in [-0.05, 0) is 31.4 Å². The second kappa shape index (κ2) is 5.68. The van der Waals surface area contributed by atoms with Gasteiger partial charge in [-0.15, -0.1) is 0 Å². The van der Waals surface area contributed by atoms with E-state index in [1.54, 1.807) is 0 Å². The zero-order valence-electron chi connectivity index (χ0n) is 11.6. The molecule has 0 amide bonds. The molecule has 1 saturated heterocycles. The van der Waals surface area contributed by atoms with E-state index in [0.29, 0.717) is 0 Å². The van der Waals surface area contributed by atoms with Gasteiger partial charge in [0.15, 0.2) is 0 Å². The average molecular weight is 291 g/mol. The number of hydrogen-bond donors (Lipinski definition) is 1. The van der Waals surface area contributed by atoms with Gasteiger partial charge in [0.05, 0.1) is 22.3 Å². The van der Waals surface area contributed by atoms with E-state index in [9.17, 15) is 5.11 Å². The number of aromatic nitrogens is 1. The van der Waals surface area contributed by atoms with E-state index in [1.807, 2.05) is 18.2 Å². The molecule has 1 aliphatic rings. The summed E-state index contributed by atoms with van der Waals surface area (Å²) in [7, 11) is 0. The van der Waals surface area contributed by atoms with Crippen LogP contribution in [-0.2, 0) is 6.54 Å². The summed E-state index contributed by atoms with van der Waals surface area (Å²) < 4.78 is 0. The quantitative estimate of drug-likeness (QED) is 0.923. The van der Waals surface area contributed by atoms with Crippen LogP contribution in [0.25, 0.3) is 10.9 Å². The molecule has 0 saturated carbocycles. The summed E-state index contributed by atoms with van der Waals surface area (Å²) >= 11 is 6.48. The Morgan fingerprint density at radius 2 is 2.00 bits per heavy atom. The van der Waals surface area contributed by atoms with Crippen LogP contribution in [0.15, 0.2) is 24.3 Å². The van der Waals surface area contributed by atoms with Gasteiger partial charge in [0.2, 0.25) is 0 Å². The number of benzene rings is 1. The number of aliphatic hydroxyl groups is 1. The Labute approximate surface area is 124 Å². The number of rotatable bonds is 2. The molecule has 1 aromatic carbocycles. The number of para-hydroxylation sites is 1. The summed E-state index contributed by atoms with van der Waals surface area (Å²) in [5, 5.41) is 11.5. The van der Waals surface area contributed by atoms with Crippen molar-refractivity contribution in [3.05, 3.63) is 40.5 Å². The number of aryl methyl sites for hydroxylation is 1. The normalized spacial score (nSPS) is 17.8. The number of aliphatic hydroxyl groups excluding tert-OH is 1. The van der Waals surface area contributed by atoms with Crippen LogP contribution >= 0.6 is 11.6 Å². The number of hydrogen-bond acceptors (Lipinski definition) is 3. The minimum Gasteiger partial charge on any atom is -0.393 e. The lowest BCUT2D eigenvalue weighted by Crippen LogP contribution is -2.35. The maximum atomic E-state index is 9.56. The lowest BCUT2D eigenvalue weighted by molar-refractivity contribution is 0.0787. The fraction of sp³-hybridized carbons (Fsp3) is 0.438. The van der Waals surface area contributed by atoms with Crippen LogP contribution in [0, 0.1) is 6.92 Å². The smallest absolute Gasteiger partial charge is 0.0740 e. The summed E-state index contributed by atoms with van der Waals surface area (Å²) in [5.41, 5.74) is 3.05. The Hall–Kier alpha value is -1.16. The summed E-state index contributed by atoms with van der Waals surface area (Å²) in [6.07, 6.45) is 1.53. The van der Waals surface area contributed by atoms with Gasteiger partial charge in [0.25, 0.3) is 0 Å². The Bertz CT molecular complexity index is 621. The third-order valence-electron chi connectivity index (χ3n) is 4.08. The standard InChI is InChI=1S/C16H19ClN2O/c1-11-13-4-2-3-5-14(13)18-15(16(11)17)10-19-8-6-12(20)7-9-19/h2-5,12,20H,6-10H2,1H3. The van der Waals surface area contributed by atoms with Gasteiger partial charge in [-0.1, -0.05) is 29.8 Å². The minimum absolute atomic E-state index is 0.145. The molecule has 106 valence electrons. The molecule has 2 aromatic rings. The summed E-state index contributed by atoms with van der Waals surface area (Å²) in [4.78, 5) is 7.03. The second-order valence-corrected chi connectivity index (χ2v) is 5.90. The van der Waals surface area contributed by atoms with E-state index in [2.05, 4.69) is 17.9 Å². The average Bonchev–Trinajstić information content (AvgIpc) is 2.47. The SMILES string of the molecule is Cc1c(Cl)c(CN2CCC(O)CC2)nc2ccccc12. The third-order valence-corrected chi connectivity index (χ3v) is 4.58. The molecule has 1 aromatic heterocycles. The maximum absolute atomic E-state index is 9.56. The number of piperidine rings is 1. The van der Waals surface area contributed by atoms with Gasteiger partial charge in [-0.2, -0.15) is 0 Å². The van der Waals surface area contributed by atoms with Gasteiger partial charge in [0, 0.05) is 25.0 Å². The van der Waals surface area contributed by atoms with E-state index in [0.717, 1.165) is 59.7 Å². The molecule has 0 bridgehead atoms. The zero-order chi connectivity index (χ0) is 14.1. The van der Waals surface area contributed by atoms with E-state index >= 15 is 0 Å². The van der Waals surface area contributed by atoms with E-state index < -0.39 is 0 Å². The predicted molar refractivity (Wildman–Crippen MR) is 82.0 cm³/mol. The van der Waals surface area contributed by atoms with Crippen LogP contribution in [0.4, 0.5) is 0 Å². The van der Waals surface area contributed by atoms with Crippen molar-refractivity contribution < 1.29 is 5.11 Å². The highest BCUT2D eigenvalue weighted by molar-refractivity contribution is 6.32. The first-order chi connectivity index (χ1) is 9.65. The molecule has 1 aliphatic heterocycles. The molecule has 1 N–H and O–H groups in total. The van der Waals surface area contributed by atoms with E-state index in [4.69, 9.17) is 16.6 Å². The number of pyridine rings is 1. The van der Waals surface area contributed by atoms with Crippen molar-refractivity contribution in [2.75, 3.05) is 13.1 Å². The van der Waals surface area contributed by atoms with Crippen LogP contribution in [-0.4, -0.2) is 34.2 Å². The highest BCUT2D eigenvalue weighted by atomic mass is 35.5. The molecule has 4 heteroatoms. The molecular weight excluding hydrogens is 272 g/mol. The number of fused-ring (bicyclic) bond motifs is 1. The van der Waals surface area contributed by atoms with Crippen molar-refractivity contribution in [1.29, 1.82) is 0 Å². The molecule has 0 radical (unpaired) electrons. The second-order valence-electron chi connectivity index (χ2n) is 5.52. The Balaban J connectivity index is 1.89. The van der Waals surface area contributed by atoms with Gasteiger partial charge in [0.1, 0.15) is 0 Å². The van der Waals surface area contributed by atoms with Crippen LogP contribution < -0.4 is 0 Å². The number of likely N-dealkylation sites (tertiary alicyclic amines) is 1. The topological polar surface area (TPSA) is 36.4 Å². The molecular formula is C16H19ClN2O. The van der Waals surface area contributed by atoms with Gasteiger partial charge in [-0.25, -0.2) is 4.98 Å².